The lowest BCUT2D eigenvalue weighted by atomic mass is 10.1. The first kappa shape index (κ1) is 12.7. The van der Waals surface area contributed by atoms with Crippen molar-refractivity contribution in [3.8, 4) is 0 Å². The van der Waals surface area contributed by atoms with E-state index in [1.165, 1.54) is 4.88 Å². The Kier molecular flexibility index (Phi) is 3.97. The molecule has 4 heteroatoms. The van der Waals surface area contributed by atoms with E-state index in [0.717, 1.165) is 36.5 Å². The van der Waals surface area contributed by atoms with Gasteiger partial charge in [-0.2, -0.15) is 0 Å². The molecule has 94 valence electrons. The quantitative estimate of drug-likeness (QED) is 0.832. The van der Waals surface area contributed by atoms with Crippen molar-refractivity contribution in [2.45, 2.75) is 20.3 Å². The molecule has 1 saturated heterocycles. The summed E-state index contributed by atoms with van der Waals surface area (Å²) in [7, 11) is 0. The molecule has 0 saturated carbocycles. The van der Waals surface area contributed by atoms with Crippen LogP contribution in [0.15, 0.2) is 6.07 Å². The third-order valence-electron chi connectivity index (χ3n) is 3.41. The van der Waals surface area contributed by atoms with Crippen LogP contribution in [0.1, 0.15) is 26.5 Å². The molecule has 3 nitrogen and oxygen atoms in total. The number of aryl methyl sites for hydroxylation is 2. The smallest absolute Gasteiger partial charge is 0.177 e. The number of nitrogens with zero attached hydrogens (tertiary/aromatic N) is 1. The molecule has 0 bridgehead atoms. The van der Waals surface area contributed by atoms with Gasteiger partial charge in [0.2, 0.25) is 0 Å². The van der Waals surface area contributed by atoms with E-state index in [2.05, 4.69) is 11.8 Å². The molecule has 1 atom stereocenters. The van der Waals surface area contributed by atoms with Gasteiger partial charge in [-0.3, -0.25) is 9.69 Å². The number of thiophene rings is 1. The molecule has 0 spiro atoms. The summed E-state index contributed by atoms with van der Waals surface area (Å²) in [5, 5.41) is 0. The molecule has 1 aliphatic heterocycles. The van der Waals surface area contributed by atoms with Crippen molar-refractivity contribution in [2.24, 2.45) is 11.7 Å². The van der Waals surface area contributed by atoms with Crippen LogP contribution >= 0.6 is 11.3 Å². The highest BCUT2D eigenvalue weighted by Crippen LogP contribution is 2.22. The first-order chi connectivity index (χ1) is 8.10. The van der Waals surface area contributed by atoms with Crippen LogP contribution in [-0.4, -0.2) is 36.9 Å². The van der Waals surface area contributed by atoms with Crippen LogP contribution in [0.25, 0.3) is 0 Å². The summed E-state index contributed by atoms with van der Waals surface area (Å²) in [5.74, 6) is 0.831. The minimum absolute atomic E-state index is 0.254. The molecule has 2 heterocycles. The van der Waals surface area contributed by atoms with E-state index in [0.29, 0.717) is 12.5 Å². The summed E-state index contributed by atoms with van der Waals surface area (Å²) < 4.78 is 0. The molecule has 17 heavy (non-hydrogen) atoms. The van der Waals surface area contributed by atoms with Crippen LogP contribution in [0.4, 0.5) is 0 Å². The van der Waals surface area contributed by atoms with Gasteiger partial charge in [-0.1, -0.05) is 0 Å². The van der Waals surface area contributed by atoms with Crippen LogP contribution in [0.2, 0.25) is 0 Å². The van der Waals surface area contributed by atoms with Crippen LogP contribution in [0.5, 0.6) is 0 Å². The Bertz CT molecular complexity index is 414. The number of rotatable bonds is 4. The van der Waals surface area contributed by atoms with E-state index in [4.69, 9.17) is 5.73 Å². The van der Waals surface area contributed by atoms with Crippen molar-refractivity contribution >= 4 is 17.1 Å². The fraction of sp³-hybridized carbons (Fsp3) is 0.615. The molecule has 1 fully saturated rings. The van der Waals surface area contributed by atoms with E-state index in [1.54, 1.807) is 11.3 Å². The number of carbonyl (C=O) groups excluding carboxylic acids is 1. The van der Waals surface area contributed by atoms with E-state index in [1.807, 2.05) is 13.0 Å². The molecule has 2 rings (SSSR count). The number of carbonyl (C=O) groups is 1. The summed E-state index contributed by atoms with van der Waals surface area (Å²) >= 11 is 1.70. The Labute approximate surface area is 107 Å². The van der Waals surface area contributed by atoms with E-state index >= 15 is 0 Å². The fourth-order valence-corrected chi connectivity index (χ4v) is 3.39. The Morgan fingerprint density at radius 3 is 2.88 bits per heavy atom. The monoisotopic (exact) mass is 252 g/mol. The molecule has 0 radical (unpaired) electrons. The number of likely N-dealkylation sites (tertiary alicyclic amines) is 1. The molecule has 0 aromatic carbocycles. The molecule has 1 aliphatic rings. The standard InChI is InChI=1S/C13H20N2OS/c1-9-5-12(10(2)17-9)13(16)8-15-4-3-11(6-14)7-15/h5,11H,3-4,6-8,14H2,1-2H3. The van der Waals surface area contributed by atoms with Gasteiger partial charge in [-0.25, -0.2) is 0 Å². The first-order valence-corrected chi connectivity index (χ1v) is 6.94. The predicted molar refractivity (Wildman–Crippen MR) is 71.7 cm³/mol. The number of ketones is 1. The van der Waals surface area contributed by atoms with E-state index < -0.39 is 0 Å². The highest BCUT2D eigenvalue weighted by molar-refractivity contribution is 7.12. The largest absolute Gasteiger partial charge is 0.330 e. The van der Waals surface area contributed by atoms with Crippen LogP contribution in [0.3, 0.4) is 0 Å². The van der Waals surface area contributed by atoms with Gasteiger partial charge < -0.3 is 5.73 Å². The Morgan fingerprint density at radius 1 is 1.59 bits per heavy atom. The normalized spacial score (nSPS) is 21.0. The molecule has 2 N–H and O–H groups in total. The summed E-state index contributed by atoms with van der Waals surface area (Å²) in [6.45, 7) is 7.35. The summed E-state index contributed by atoms with van der Waals surface area (Å²) in [5.41, 5.74) is 6.56. The summed E-state index contributed by atoms with van der Waals surface area (Å²) in [6, 6.07) is 2.01. The summed E-state index contributed by atoms with van der Waals surface area (Å²) in [4.78, 5) is 16.7. The second-order valence-electron chi connectivity index (χ2n) is 4.88. The molecule has 1 aromatic heterocycles. The molecular weight excluding hydrogens is 232 g/mol. The SMILES string of the molecule is Cc1cc(C(=O)CN2CCC(CN)C2)c(C)s1. The maximum absolute atomic E-state index is 12.2. The zero-order chi connectivity index (χ0) is 12.4. The van der Waals surface area contributed by atoms with Gasteiger partial charge in [0.15, 0.2) is 5.78 Å². The van der Waals surface area contributed by atoms with Gasteiger partial charge in [0, 0.05) is 21.9 Å². The van der Waals surface area contributed by atoms with E-state index in [-0.39, 0.29) is 5.78 Å². The van der Waals surface area contributed by atoms with Gasteiger partial charge in [0.25, 0.3) is 0 Å². The van der Waals surface area contributed by atoms with E-state index in [9.17, 15) is 4.79 Å². The van der Waals surface area contributed by atoms with Crippen LogP contribution in [-0.2, 0) is 0 Å². The lowest BCUT2D eigenvalue weighted by Crippen LogP contribution is -2.29. The maximum Gasteiger partial charge on any atom is 0.177 e. The number of hydrogen-bond acceptors (Lipinski definition) is 4. The first-order valence-electron chi connectivity index (χ1n) is 6.12. The fourth-order valence-electron chi connectivity index (χ4n) is 2.44. The summed E-state index contributed by atoms with van der Waals surface area (Å²) in [6.07, 6.45) is 1.13. The maximum atomic E-state index is 12.2. The Hall–Kier alpha value is -0.710. The second-order valence-corrected chi connectivity index (χ2v) is 6.34. The molecule has 1 unspecified atom stereocenters. The van der Waals surface area contributed by atoms with Gasteiger partial charge in [-0.15, -0.1) is 11.3 Å². The lowest BCUT2D eigenvalue weighted by Gasteiger charge is -2.14. The zero-order valence-electron chi connectivity index (χ0n) is 10.5. The van der Waals surface area contributed by atoms with Crippen molar-refractivity contribution < 1.29 is 4.79 Å². The van der Waals surface area contributed by atoms with Gasteiger partial charge in [0.05, 0.1) is 6.54 Å². The Morgan fingerprint density at radius 2 is 2.35 bits per heavy atom. The Balaban J connectivity index is 1.96. The van der Waals surface area contributed by atoms with Crippen molar-refractivity contribution in [2.75, 3.05) is 26.2 Å². The van der Waals surface area contributed by atoms with Gasteiger partial charge in [0.1, 0.15) is 0 Å². The highest BCUT2D eigenvalue weighted by Gasteiger charge is 2.24. The minimum atomic E-state index is 0.254. The minimum Gasteiger partial charge on any atom is -0.330 e. The zero-order valence-corrected chi connectivity index (χ0v) is 11.3. The number of nitrogens with two attached hydrogens (primary N) is 1. The van der Waals surface area contributed by atoms with Gasteiger partial charge in [-0.05, 0) is 45.3 Å². The molecule has 1 aromatic rings. The van der Waals surface area contributed by atoms with Crippen molar-refractivity contribution in [1.29, 1.82) is 0 Å². The number of Topliss-reactive ketones (excluding diaryl/α,β-unsaturated/α-hetero) is 1. The molecule has 0 amide bonds. The van der Waals surface area contributed by atoms with Crippen LogP contribution in [0, 0.1) is 19.8 Å². The molecule has 0 aliphatic carbocycles. The van der Waals surface area contributed by atoms with Crippen molar-refractivity contribution in [3.05, 3.63) is 21.4 Å². The average molecular weight is 252 g/mol. The topological polar surface area (TPSA) is 46.3 Å². The predicted octanol–water partition coefficient (Wildman–Crippen LogP) is 1.83. The van der Waals surface area contributed by atoms with Crippen molar-refractivity contribution in [3.63, 3.8) is 0 Å². The molecular formula is C13H20N2OS. The average Bonchev–Trinajstić information content (AvgIpc) is 2.85. The van der Waals surface area contributed by atoms with Gasteiger partial charge >= 0.3 is 0 Å². The van der Waals surface area contributed by atoms with Crippen LogP contribution < -0.4 is 5.73 Å². The number of hydrogen-bond donors (Lipinski definition) is 1. The van der Waals surface area contributed by atoms with Crippen molar-refractivity contribution in [1.82, 2.24) is 4.90 Å². The third kappa shape index (κ3) is 2.94. The lowest BCUT2D eigenvalue weighted by molar-refractivity contribution is 0.0943. The third-order valence-corrected chi connectivity index (χ3v) is 4.38. The highest BCUT2D eigenvalue weighted by atomic mass is 32.1. The second kappa shape index (κ2) is 5.29.